The van der Waals surface area contributed by atoms with E-state index in [1.807, 2.05) is 0 Å². The number of hydrogen-bond acceptors (Lipinski definition) is 8. The van der Waals surface area contributed by atoms with Gasteiger partial charge in [0, 0.05) is 7.11 Å². The molecule has 9 nitrogen and oxygen atoms in total. The number of anilines is 1. The van der Waals surface area contributed by atoms with Gasteiger partial charge in [0.2, 0.25) is 6.29 Å². The van der Waals surface area contributed by atoms with Crippen molar-refractivity contribution in [2.75, 3.05) is 19.5 Å². The molecule has 1 saturated heterocycles. The van der Waals surface area contributed by atoms with Crippen LogP contribution in [-0.4, -0.2) is 50.9 Å². The van der Waals surface area contributed by atoms with Crippen molar-refractivity contribution in [2.45, 2.75) is 18.8 Å². The van der Waals surface area contributed by atoms with Crippen LogP contribution in [0.25, 0.3) is 11.2 Å². The van der Waals surface area contributed by atoms with Crippen LogP contribution in [0.1, 0.15) is 6.23 Å². The normalized spacial score (nSPS) is 26.4. The fourth-order valence-electron chi connectivity index (χ4n) is 1.99. The topological polar surface area (TPSA) is 118 Å². The summed E-state index contributed by atoms with van der Waals surface area (Å²) in [6, 6.07) is 0. The predicted octanol–water partition coefficient (Wildman–Crippen LogP) is -0.616. The maximum absolute atomic E-state index is 13.2. The Morgan fingerprint density at radius 2 is 2.30 bits per heavy atom. The molecular formula is C10H12FN5O4. The third-order valence-corrected chi connectivity index (χ3v) is 2.82. The van der Waals surface area contributed by atoms with E-state index in [4.69, 9.17) is 19.9 Å². The highest BCUT2D eigenvalue weighted by Gasteiger charge is 2.37. The number of nitrogens with zero attached hydrogens (tertiary/aromatic N) is 4. The molecule has 0 aliphatic carbocycles. The maximum Gasteiger partial charge on any atom is 0.312 e. The number of fused-ring (bicyclic) bond motifs is 1. The van der Waals surface area contributed by atoms with E-state index in [1.54, 1.807) is 0 Å². The number of aliphatic hydroxyl groups is 1. The van der Waals surface area contributed by atoms with Gasteiger partial charge in [-0.1, -0.05) is 0 Å². The molecule has 2 aromatic heterocycles. The van der Waals surface area contributed by atoms with E-state index >= 15 is 0 Å². The molecule has 2 aromatic rings. The molecule has 20 heavy (non-hydrogen) atoms. The van der Waals surface area contributed by atoms with Crippen molar-refractivity contribution in [2.24, 2.45) is 0 Å². The van der Waals surface area contributed by atoms with Crippen LogP contribution >= 0.6 is 0 Å². The summed E-state index contributed by atoms with van der Waals surface area (Å²) in [7, 11) is 1.47. The van der Waals surface area contributed by atoms with Gasteiger partial charge in [0.25, 0.3) is 0 Å². The summed E-state index contributed by atoms with van der Waals surface area (Å²) in [6.45, 7) is 0.145. The smallest absolute Gasteiger partial charge is 0.312 e. The largest absolute Gasteiger partial charge is 0.382 e. The summed E-state index contributed by atoms with van der Waals surface area (Å²) in [6.07, 6.45) is -2.58. The van der Waals surface area contributed by atoms with Crippen molar-refractivity contribution in [1.82, 2.24) is 19.5 Å². The van der Waals surface area contributed by atoms with Crippen LogP contribution < -0.4 is 5.73 Å². The Kier molecular flexibility index (Phi) is 3.22. The fourth-order valence-corrected chi connectivity index (χ4v) is 1.99. The van der Waals surface area contributed by atoms with Gasteiger partial charge in [0.1, 0.15) is 0 Å². The number of halogens is 1. The number of aromatic nitrogens is 4. The highest BCUT2D eigenvalue weighted by atomic mass is 19.1. The summed E-state index contributed by atoms with van der Waals surface area (Å²) in [5.74, 6) is -0.0897. The minimum Gasteiger partial charge on any atom is -0.382 e. The van der Waals surface area contributed by atoms with Crippen LogP contribution in [0, 0.1) is 6.08 Å². The number of nitrogen functional groups attached to an aromatic ring is 1. The van der Waals surface area contributed by atoms with Gasteiger partial charge in [0.15, 0.2) is 29.5 Å². The summed E-state index contributed by atoms with van der Waals surface area (Å²) < 4.78 is 30.0. The second-order valence-corrected chi connectivity index (χ2v) is 4.14. The van der Waals surface area contributed by atoms with Crippen LogP contribution in [0.4, 0.5) is 10.2 Å². The lowest BCUT2D eigenvalue weighted by Crippen LogP contribution is -2.20. The van der Waals surface area contributed by atoms with Crippen LogP contribution in [0.3, 0.4) is 0 Å². The Labute approximate surface area is 112 Å². The molecule has 0 radical (unpaired) electrons. The number of methoxy groups -OCH3 is 1. The monoisotopic (exact) mass is 285 g/mol. The number of ether oxygens (including phenoxy) is 3. The molecule has 0 saturated carbocycles. The van der Waals surface area contributed by atoms with Crippen molar-refractivity contribution in [1.29, 1.82) is 0 Å². The first kappa shape index (κ1) is 13.1. The second kappa shape index (κ2) is 4.90. The SMILES string of the molecule is COC[C@H]1O[C@@H](n2cnc3c(N)nc(F)nc32)[C@@H](O)O1. The van der Waals surface area contributed by atoms with Crippen molar-refractivity contribution in [3.63, 3.8) is 0 Å². The van der Waals surface area contributed by atoms with Crippen LogP contribution in [0.2, 0.25) is 0 Å². The zero-order chi connectivity index (χ0) is 14.3. The van der Waals surface area contributed by atoms with Gasteiger partial charge in [-0.15, -0.1) is 0 Å². The molecule has 3 heterocycles. The Morgan fingerprint density at radius 1 is 1.50 bits per heavy atom. The molecule has 108 valence electrons. The van der Waals surface area contributed by atoms with Crippen molar-refractivity contribution in [3.05, 3.63) is 12.4 Å². The summed E-state index contributed by atoms with van der Waals surface area (Å²) in [4.78, 5) is 11.0. The van der Waals surface area contributed by atoms with Crippen LogP contribution in [0.5, 0.6) is 0 Å². The molecular weight excluding hydrogens is 273 g/mol. The van der Waals surface area contributed by atoms with Gasteiger partial charge in [0.05, 0.1) is 12.9 Å². The second-order valence-electron chi connectivity index (χ2n) is 4.14. The summed E-state index contributed by atoms with van der Waals surface area (Å²) in [5.41, 5.74) is 5.89. The predicted molar refractivity (Wildman–Crippen MR) is 62.6 cm³/mol. The molecule has 1 fully saturated rings. The lowest BCUT2D eigenvalue weighted by atomic mass is 10.4. The molecule has 1 aliphatic heterocycles. The zero-order valence-electron chi connectivity index (χ0n) is 10.4. The first-order chi connectivity index (χ1) is 9.60. The Morgan fingerprint density at radius 3 is 3.05 bits per heavy atom. The molecule has 0 bridgehead atoms. The first-order valence-electron chi connectivity index (χ1n) is 5.73. The van der Waals surface area contributed by atoms with Gasteiger partial charge < -0.3 is 25.1 Å². The molecule has 0 aromatic carbocycles. The maximum atomic E-state index is 13.2. The van der Waals surface area contributed by atoms with Crippen molar-refractivity contribution >= 4 is 17.0 Å². The Bertz CT molecular complexity index is 635. The zero-order valence-corrected chi connectivity index (χ0v) is 10.4. The average Bonchev–Trinajstić information content (AvgIpc) is 2.93. The van der Waals surface area contributed by atoms with Crippen molar-refractivity contribution in [3.8, 4) is 0 Å². The Balaban J connectivity index is 1.98. The summed E-state index contributed by atoms with van der Waals surface area (Å²) in [5, 5.41) is 9.84. The molecule has 0 amide bonds. The first-order valence-corrected chi connectivity index (χ1v) is 5.73. The van der Waals surface area contributed by atoms with Crippen LogP contribution in [0.15, 0.2) is 6.33 Å². The lowest BCUT2D eigenvalue weighted by Gasteiger charge is -2.13. The Hall–Kier alpha value is -1.88. The quantitative estimate of drug-likeness (QED) is 0.717. The highest BCUT2D eigenvalue weighted by Crippen LogP contribution is 2.29. The lowest BCUT2D eigenvalue weighted by molar-refractivity contribution is -0.137. The number of hydrogen-bond donors (Lipinski definition) is 2. The number of nitrogens with two attached hydrogens (primary N) is 1. The standard InChI is InChI=1S/C10H12FN5O4/c1-18-2-4-19-8(9(17)20-4)16-3-13-5-6(12)14-10(11)15-7(5)16/h3-4,8-9,17H,2H2,1H3,(H2,12,14,15)/t4-,8+,9-/m0/s1. The van der Waals surface area contributed by atoms with Gasteiger partial charge in [-0.05, 0) is 0 Å². The van der Waals surface area contributed by atoms with Gasteiger partial charge >= 0.3 is 6.08 Å². The molecule has 3 atom stereocenters. The van der Waals surface area contributed by atoms with E-state index in [0.29, 0.717) is 0 Å². The van der Waals surface area contributed by atoms with E-state index in [0.717, 1.165) is 0 Å². The van der Waals surface area contributed by atoms with Gasteiger partial charge in [-0.3, -0.25) is 4.57 Å². The van der Waals surface area contributed by atoms with E-state index < -0.39 is 24.9 Å². The van der Waals surface area contributed by atoms with E-state index in [-0.39, 0.29) is 23.6 Å². The van der Waals surface area contributed by atoms with E-state index in [9.17, 15) is 9.50 Å². The number of aliphatic hydroxyl groups excluding tert-OH is 1. The molecule has 3 rings (SSSR count). The minimum absolute atomic E-state index is 0.0897. The fraction of sp³-hybridized carbons (Fsp3) is 0.500. The molecule has 0 spiro atoms. The summed E-state index contributed by atoms with van der Waals surface area (Å²) >= 11 is 0. The van der Waals surface area contributed by atoms with Crippen LogP contribution in [-0.2, 0) is 14.2 Å². The van der Waals surface area contributed by atoms with Gasteiger partial charge in [-0.2, -0.15) is 14.4 Å². The average molecular weight is 285 g/mol. The third-order valence-electron chi connectivity index (χ3n) is 2.82. The third kappa shape index (κ3) is 2.08. The molecule has 0 unspecified atom stereocenters. The van der Waals surface area contributed by atoms with Crippen molar-refractivity contribution < 1.29 is 23.7 Å². The minimum atomic E-state index is -1.26. The number of rotatable bonds is 3. The van der Waals surface area contributed by atoms with E-state index in [2.05, 4.69) is 15.0 Å². The van der Waals surface area contributed by atoms with E-state index in [1.165, 1.54) is 18.0 Å². The van der Waals surface area contributed by atoms with Gasteiger partial charge in [-0.25, -0.2) is 4.98 Å². The highest BCUT2D eigenvalue weighted by molar-refractivity contribution is 5.81. The molecule has 10 heteroatoms. The molecule has 1 aliphatic rings. The molecule has 3 N–H and O–H groups in total. The number of imidazole rings is 1.